The van der Waals surface area contributed by atoms with Crippen LogP contribution in [-0.4, -0.2) is 28.5 Å². The number of nitrogens with one attached hydrogen (secondary N) is 1. The van der Waals surface area contributed by atoms with E-state index >= 15 is 0 Å². The molecule has 2 rings (SSSR count). The van der Waals surface area contributed by atoms with Crippen LogP contribution in [-0.2, 0) is 0 Å². The smallest absolute Gasteiger partial charge is 0.200 e. The van der Waals surface area contributed by atoms with Gasteiger partial charge in [-0.25, -0.2) is 4.98 Å². The number of hydrogen-bond donors (Lipinski definition) is 1. The molecule has 0 spiro atoms. The lowest BCUT2D eigenvalue weighted by atomic mass is 10.1. The van der Waals surface area contributed by atoms with Gasteiger partial charge in [0.1, 0.15) is 0 Å². The zero-order valence-corrected chi connectivity index (χ0v) is 8.73. The average molecular weight is 200 g/mol. The highest BCUT2D eigenvalue weighted by atomic mass is 35.5. The van der Waals surface area contributed by atoms with E-state index in [4.69, 9.17) is 11.6 Å². The summed E-state index contributed by atoms with van der Waals surface area (Å²) < 4.78 is 0. The van der Waals surface area contributed by atoms with E-state index in [9.17, 15) is 0 Å². The lowest BCUT2D eigenvalue weighted by molar-refractivity contribution is 0.311. The molecular formula is C9H14ClN3. The van der Waals surface area contributed by atoms with Crippen molar-refractivity contribution >= 4 is 11.6 Å². The van der Waals surface area contributed by atoms with Gasteiger partial charge in [-0.15, -0.1) is 0 Å². The Morgan fingerprint density at radius 2 is 2.38 bits per heavy atom. The SMILES string of the molecule is Cc1[nH]c(Cl)nc1C1CCCN1C. The van der Waals surface area contributed by atoms with Crippen molar-refractivity contribution in [3.63, 3.8) is 0 Å². The van der Waals surface area contributed by atoms with E-state index < -0.39 is 0 Å². The van der Waals surface area contributed by atoms with Crippen molar-refractivity contribution in [2.45, 2.75) is 25.8 Å². The molecule has 13 heavy (non-hydrogen) atoms. The summed E-state index contributed by atoms with van der Waals surface area (Å²) in [6.07, 6.45) is 2.45. The van der Waals surface area contributed by atoms with Crippen LogP contribution in [0, 0.1) is 6.92 Å². The Morgan fingerprint density at radius 1 is 1.62 bits per heavy atom. The summed E-state index contributed by atoms with van der Waals surface area (Å²) in [5.74, 6) is 0. The van der Waals surface area contributed by atoms with E-state index in [0.717, 1.165) is 17.9 Å². The molecule has 0 bridgehead atoms. The van der Waals surface area contributed by atoms with Crippen molar-refractivity contribution < 1.29 is 0 Å². The Balaban J connectivity index is 2.28. The van der Waals surface area contributed by atoms with Crippen LogP contribution in [0.4, 0.5) is 0 Å². The highest BCUT2D eigenvalue weighted by molar-refractivity contribution is 6.28. The maximum atomic E-state index is 5.81. The van der Waals surface area contributed by atoms with Crippen molar-refractivity contribution in [1.82, 2.24) is 14.9 Å². The molecule has 0 saturated carbocycles. The quantitative estimate of drug-likeness (QED) is 0.752. The number of aromatic amines is 1. The number of rotatable bonds is 1. The molecule has 0 radical (unpaired) electrons. The van der Waals surface area contributed by atoms with E-state index in [0.29, 0.717) is 11.3 Å². The third-order valence-electron chi connectivity index (χ3n) is 2.73. The van der Waals surface area contributed by atoms with E-state index in [1.54, 1.807) is 0 Å². The first-order valence-corrected chi connectivity index (χ1v) is 4.98. The predicted molar refractivity (Wildman–Crippen MR) is 52.9 cm³/mol. The number of aromatic nitrogens is 2. The Morgan fingerprint density at radius 3 is 2.85 bits per heavy atom. The minimum atomic E-state index is 0.462. The Hall–Kier alpha value is -0.540. The number of nitrogens with zero attached hydrogens (tertiary/aromatic N) is 2. The fourth-order valence-electron chi connectivity index (χ4n) is 2.02. The van der Waals surface area contributed by atoms with Crippen molar-refractivity contribution in [3.05, 3.63) is 16.7 Å². The first-order valence-electron chi connectivity index (χ1n) is 4.60. The van der Waals surface area contributed by atoms with Crippen LogP contribution < -0.4 is 0 Å². The summed E-state index contributed by atoms with van der Waals surface area (Å²) in [5.41, 5.74) is 2.22. The third-order valence-corrected chi connectivity index (χ3v) is 2.91. The highest BCUT2D eigenvalue weighted by Gasteiger charge is 2.26. The number of H-pyrrole nitrogens is 1. The fourth-order valence-corrected chi connectivity index (χ4v) is 2.25. The van der Waals surface area contributed by atoms with Gasteiger partial charge in [0.2, 0.25) is 5.28 Å². The van der Waals surface area contributed by atoms with E-state index in [1.165, 1.54) is 12.8 Å². The van der Waals surface area contributed by atoms with Gasteiger partial charge in [0, 0.05) is 5.69 Å². The first kappa shape index (κ1) is 9.03. The summed E-state index contributed by atoms with van der Waals surface area (Å²) in [6.45, 7) is 3.19. The zero-order valence-electron chi connectivity index (χ0n) is 7.97. The Labute approximate surface area is 83.1 Å². The van der Waals surface area contributed by atoms with Crippen LogP contribution in [0.2, 0.25) is 5.28 Å². The van der Waals surface area contributed by atoms with Crippen LogP contribution in [0.25, 0.3) is 0 Å². The topological polar surface area (TPSA) is 31.9 Å². The van der Waals surface area contributed by atoms with Gasteiger partial charge in [-0.1, -0.05) is 0 Å². The van der Waals surface area contributed by atoms with Gasteiger partial charge in [-0.2, -0.15) is 0 Å². The van der Waals surface area contributed by atoms with Crippen LogP contribution in [0.15, 0.2) is 0 Å². The van der Waals surface area contributed by atoms with E-state index in [1.807, 2.05) is 6.92 Å². The summed E-state index contributed by atoms with van der Waals surface area (Å²) in [4.78, 5) is 9.68. The number of imidazole rings is 1. The molecule has 1 saturated heterocycles. The molecule has 1 N–H and O–H groups in total. The summed E-state index contributed by atoms with van der Waals surface area (Å²) in [6, 6.07) is 0.462. The molecule has 1 aliphatic heterocycles. The lowest BCUT2D eigenvalue weighted by Gasteiger charge is -2.17. The Kier molecular flexibility index (Phi) is 2.30. The number of hydrogen-bond acceptors (Lipinski definition) is 2. The molecule has 0 aromatic carbocycles. The van der Waals surface area contributed by atoms with Gasteiger partial charge in [0.05, 0.1) is 11.7 Å². The highest BCUT2D eigenvalue weighted by Crippen LogP contribution is 2.31. The maximum absolute atomic E-state index is 5.81. The molecule has 1 aromatic rings. The molecule has 0 amide bonds. The normalized spacial score (nSPS) is 24.1. The molecule has 1 fully saturated rings. The number of aryl methyl sites for hydroxylation is 1. The summed E-state index contributed by atoms with van der Waals surface area (Å²) in [5, 5.41) is 0.507. The van der Waals surface area contributed by atoms with Gasteiger partial charge in [0.15, 0.2) is 0 Å². The molecule has 4 heteroatoms. The second kappa shape index (κ2) is 3.31. The number of halogens is 1. The van der Waals surface area contributed by atoms with Gasteiger partial charge in [-0.3, -0.25) is 4.90 Å². The van der Waals surface area contributed by atoms with Gasteiger partial charge < -0.3 is 4.98 Å². The molecule has 1 atom stereocenters. The van der Waals surface area contributed by atoms with Crippen molar-refractivity contribution in [2.75, 3.05) is 13.6 Å². The largest absolute Gasteiger partial charge is 0.333 e. The monoisotopic (exact) mass is 199 g/mol. The van der Waals surface area contributed by atoms with Crippen molar-refractivity contribution in [2.24, 2.45) is 0 Å². The Bertz CT molecular complexity index is 308. The first-order chi connectivity index (χ1) is 6.18. The van der Waals surface area contributed by atoms with Crippen LogP contribution in [0.1, 0.15) is 30.3 Å². The molecule has 1 aliphatic rings. The molecular weight excluding hydrogens is 186 g/mol. The third kappa shape index (κ3) is 1.58. The van der Waals surface area contributed by atoms with Crippen LogP contribution in [0.5, 0.6) is 0 Å². The summed E-state index contributed by atoms with van der Waals surface area (Å²) in [7, 11) is 2.14. The van der Waals surface area contributed by atoms with Gasteiger partial charge in [-0.05, 0) is 45.0 Å². The average Bonchev–Trinajstić information content (AvgIpc) is 2.58. The van der Waals surface area contributed by atoms with Crippen molar-refractivity contribution in [1.29, 1.82) is 0 Å². The van der Waals surface area contributed by atoms with Gasteiger partial charge in [0.25, 0.3) is 0 Å². The molecule has 0 aliphatic carbocycles. The van der Waals surface area contributed by atoms with Crippen molar-refractivity contribution in [3.8, 4) is 0 Å². The zero-order chi connectivity index (χ0) is 9.42. The fraction of sp³-hybridized carbons (Fsp3) is 0.667. The minimum absolute atomic E-state index is 0.462. The standard InChI is InChI=1S/C9H14ClN3/c1-6-8(12-9(10)11-6)7-4-3-5-13(7)2/h7H,3-5H2,1-2H3,(H,11,12). The van der Waals surface area contributed by atoms with Gasteiger partial charge >= 0.3 is 0 Å². The predicted octanol–water partition coefficient (Wildman–Crippen LogP) is 2.14. The lowest BCUT2D eigenvalue weighted by Crippen LogP contribution is -2.18. The molecule has 1 aromatic heterocycles. The molecule has 1 unspecified atom stereocenters. The second-order valence-electron chi connectivity index (χ2n) is 3.68. The van der Waals surface area contributed by atoms with Crippen LogP contribution in [0.3, 0.4) is 0 Å². The molecule has 72 valence electrons. The molecule has 3 nitrogen and oxygen atoms in total. The van der Waals surface area contributed by atoms with E-state index in [-0.39, 0.29) is 0 Å². The molecule has 2 heterocycles. The van der Waals surface area contributed by atoms with Crippen LogP contribution >= 0.6 is 11.6 Å². The minimum Gasteiger partial charge on any atom is -0.333 e. The second-order valence-corrected chi connectivity index (χ2v) is 4.03. The summed E-state index contributed by atoms with van der Waals surface area (Å²) >= 11 is 5.81. The number of likely N-dealkylation sites (tertiary alicyclic amines) is 1. The maximum Gasteiger partial charge on any atom is 0.200 e. The van der Waals surface area contributed by atoms with E-state index in [2.05, 4.69) is 21.9 Å².